The summed E-state index contributed by atoms with van der Waals surface area (Å²) < 4.78 is 1.76. The number of hydrogen-bond acceptors (Lipinski definition) is 4. The van der Waals surface area contributed by atoms with Crippen molar-refractivity contribution < 1.29 is 14.3 Å². The topological polar surface area (TPSA) is 76.1 Å². The van der Waals surface area contributed by atoms with Gasteiger partial charge in [-0.2, -0.15) is 4.57 Å². The number of rotatable bonds is 9. The van der Waals surface area contributed by atoms with Crippen LogP contribution < -0.4 is 9.88 Å². The normalized spacial score (nSPS) is 11.9. The Morgan fingerprint density at radius 2 is 1.82 bits per heavy atom. The second-order valence-corrected chi connectivity index (χ2v) is 7.00. The van der Waals surface area contributed by atoms with E-state index in [0.29, 0.717) is 17.5 Å². The van der Waals surface area contributed by atoms with Gasteiger partial charge < -0.3 is 5.32 Å². The van der Waals surface area contributed by atoms with Crippen molar-refractivity contribution in [3.63, 3.8) is 0 Å². The van der Waals surface area contributed by atoms with E-state index in [1.165, 1.54) is 23.8 Å². The molecular formula is C21H26N3O3S+. The Kier molecular flexibility index (Phi) is 7.75. The van der Waals surface area contributed by atoms with E-state index in [2.05, 4.69) is 19.2 Å². The number of non-ortho nitro benzene ring substituents is 1. The number of nitrogens with one attached hydrogen (secondary N) is 1. The SMILES string of the molecule is CCNC(=S)[C@@H](C(=O)c1cccc([N+](=O)[O-])c1)[n+]1ccc(C(CC)CC)cc1. The zero-order valence-electron chi connectivity index (χ0n) is 16.4. The molecule has 148 valence electrons. The number of likely N-dealkylation sites (N-methyl/N-ethyl adjacent to an activating group) is 1. The maximum Gasteiger partial charge on any atom is 0.270 e. The summed E-state index contributed by atoms with van der Waals surface area (Å²) in [5.74, 6) is 0.191. The monoisotopic (exact) mass is 400 g/mol. The molecule has 1 aromatic heterocycles. The predicted octanol–water partition coefficient (Wildman–Crippen LogP) is 4.15. The minimum atomic E-state index is -0.757. The van der Waals surface area contributed by atoms with E-state index >= 15 is 0 Å². The number of carbonyl (C=O) groups excluding carboxylic acids is 1. The van der Waals surface area contributed by atoms with Crippen LogP contribution in [0, 0.1) is 10.1 Å². The van der Waals surface area contributed by atoms with Crippen LogP contribution in [0.4, 0.5) is 5.69 Å². The highest BCUT2D eigenvalue weighted by Gasteiger charge is 2.33. The summed E-state index contributed by atoms with van der Waals surface area (Å²) in [5.41, 5.74) is 1.36. The highest BCUT2D eigenvalue weighted by atomic mass is 32.1. The van der Waals surface area contributed by atoms with Crippen LogP contribution in [0.2, 0.25) is 0 Å². The van der Waals surface area contributed by atoms with Gasteiger partial charge in [0, 0.05) is 36.4 Å². The Bertz CT molecular complexity index is 848. The molecule has 0 aliphatic carbocycles. The van der Waals surface area contributed by atoms with E-state index < -0.39 is 11.0 Å². The minimum absolute atomic E-state index is 0.118. The number of nitro benzene ring substituents is 1. The number of pyridine rings is 1. The van der Waals surface area contributed by atoms with Crippen molar-refractivity contribution in [2.45, 2.75) is 45.6 Å². The number of hydrogen-bond donors (Lipinski definition) is 1. The van der Waals surface area contributed by atoms with Crippen LogP contribution in [-0.2, 0) is 0 Å². The van der Waals surface area contributed by atoms with Crippen LogP contribution in [0.3, 0.4) is 0 Å². The van der Waals surface area contributed by atoms with Crippen LogP contribution in [0.5, 0.6) is 0 Å². The molecule has 0 radical (unpaired) electrons. The Morgan fingerprint density at radius 3 is 2.36 bits per heavy atom. The molecule has 1 heterocycles. The molecule has 2 aromatic rings. The van der Waals surface area contributed by atoms with E-state index in [1.54, 1.807) is 10.6 Å². The largest absolute Gasteiger partial charge is 0.374 e. The molecule has 2 rings (SSSR count). The van der Waals surface area contributed by atoms with E-state index in [4.69, 9.17) is 12.2 Å². The van der Waals surface area contributed by atoms with E-state index in [1.807, 2.05) is 31.5 Å². The van der Waals surface area contributed by atoms with Gasteiger partial charge in [0.2, 0.25) is 5.78 Å². The third-order valence-corrected chi connectivity index (χ3v) is 5.19. The molecule has 1 aromatic carbocycles. The van der Waals surface area contributed by atoms with Crippen LogP contribution in [-0.4, -0.2) is 22.2 Å². The number of ketones is 1. The average Bonchev–Trinajstić information content (AvgIpc) is 2.70. The lowest BCUT2D eigenvalue weighted by Gasteiger charge is -2.16. The first-order valence-corrected chi connectivity index (χ1v) is 9.90. The first-order valence-electron chi connectivity index (χ1n) is 9.49. The second-order valence-electron chi connectivity index (χ2n) is 6.56. The van der Waals surface area contributed by atoms with Gasteiger partial charge in [0.15, 0.2) is 17.4 Å². The predicted molar refractivity (Wildman–Crippen MR) is 113 cm³/mol. The van der Waals surface area contributed by atoms with Gasteiger partial charge in [0.25, 0.3) is 11.7 Å². The summed E-state index contributed by atoms with van der Waals surface area (Å²) in [5, 5.41) is 14.1. The number of benzene rings is 1. The maximum atomic E-state index is 13.2. The van der Waals surface area contributed by atoms with E-state index in [9.17, 15) is 14.9 Å². The maximum absolute atomic E-state index is 13.2. The van der Waals surface area contributed by atoms with Gasteiger partial charge >= 0.3 is 0 Å². The molecule has 1 atom stereocenters. The highest BCUT2D eigenvalue weighted by molar-refractivity contribution is 7.80. The zero-order chi connectivity index (χ0) is 20.7. The molecule has 7 heteroatoms. The third-order valence-electron chi connectivity index (χ3n) is 4.82. The fourth-order valence-electron chi connectivity index (χ4n) is 3.25. The summed E-state index contributed by atoms with van der Waals surface area (Å²) >= 11 is 5.46. The van der Waals surface area contributed by atoms with Crippen LogP contribution in [0.1, 0.15) is 61.5 Å². The Morgan fingerprint density at radius 1 is 1.18 bits per heavy atom. The van der Waals surface area contributed by atoms with Gasteiger partial charge in [0.1, 0.15) is 0 Å². The van der Waals surface area contributed by atoms with Gasteiger partial charge in [-0.15, -0.1) is 0 Å². The van der Waals surface area contributed by atoms with Crippen molar-refractivity contribution in [2.24, 2.45) is 0 Å². The standard InChI is InChI=1S/C21H25N3O3S/c1-4-15(5-2)16-10-12-23(13-11-16)19(21(28)22-6-3)20(25)17-8-7-9-18(14-17)24(26)27/h7-15,19H,4-6H2,1-3H3/p+1/t19-/m1/s1. The average molecular weight is 401 g/mol. The molecule has 0 aliphatic rings. The molecule has 28 heavy (non-hydrogen) atoms. The second kappa shape index (κ2) is 10.0. The van der Waals surface area contributed by atoms with E-state index in [0.717, 1.165) is 12.8 Å². The van der Waals surface area contributed by atoms with Gasteiger partial charge in [-0.1, -0.05) is 38.2 Å². The first-order chi connectivity index (χ1) is 13.4. The third kappa shape index (κ3) is 4.98. The van der Waals surface area contributed by atoms with Crippen LogP contribution in [0.25, 0.3) is 0 Å². The fourth-order valence-corrected chi connectivity index (χ4v) is 3.62. The van der Waals surface area contributed by atoms with Crippen LogP contribution >= 0.6 is 12.2 Å². The summed E-state index contributed by atoms with van der Waals surface area (Å²) in [6.45, 7) is 6.81. The first kappa shape index (κ1) is 21.6. The van der Waals surface area contributed by atoms with Crippen molar-refractivity contribution in [1.29, 1.82) is 0 Å². The lowest BCUT2D eigenvalue weighted by Crippen LogP contribution is -2.51. The number of nitro groups is 1. The summed E-state index contributed by atoms with van der Waals surface area (Å²) in [6, 6.07) is 9.03. The van der Waals surface area contributed by atoms with Gasteiger partial charge in [-0.05, 0) is 31.2 Å². The number of aromatic nitrogens is 1. The van der Waals surface area contributed by atoms with Crippen molar-refractivity contribution in [2.75, 3.05) is 6.54 Å². The molecule has 0 aliphatic heterocycles. The summed E-state index contributed by atoms with van der Waals surface area (Å²) in [6.07, 6.45) is 5.81. The molecule has 0 unspecified atom stereocenters. The molecular weight excluding hydrogens is 374 g/mol. The van der Waals surface area contributed by atoms with Crippen molar-refractivity contribution in [1.82, 2.24) is 5.32 Å². The number of Topliss-reactive ketones (excluding diaryl/α,β-unsaturated/α-hetero) is 1. The molecule has 0 saturated carbocycles. The van der Waals surface area contributed by atoms with Crippen molar-refractivity contribution in [3.05, 3.63) is 70.0 Å². The highest BCUT2D eigenvalue weighted by Crippen LogP contribution is 2.22. The number of carbonyl (C=O) groups is 1. The molecule has 0 spiro atoms. The fraction of sp³-hybridized carbons (Fsp3) is 0.381. The quantitative estimate of drug-likeness (QED) is 0.225. The van der Waals surface area contributed by atoms with Gasteiger partial charge in [-0.25, -0.2) is 0 Å². The molecule has 6 nitrogen and oxygen atoms in total. The Labute approximate surface area is 170 Å². The Hall–Kier alpha value is -2.67. The smallest absolute Gasteiger partial charge is 0.270 e. The lowest BCUT2D eigenvalue weighted by molar-refractivity contribution is -0.692. The molecule has 0 fully saturated rings. The van der Waals surface area contributed by atoms with Gasteiger partial charge in [0.05, 0.1) is 4.92 Å². The van der Waals surface area contributed by atoms with Crippen molar-refractivity contribution in [3.8, 4) is 0 Å². The molecule has 0 amide bonds. The van der Waals surface area contributed by atoms with Crippen LogP contribution in [0.15, 0.2) is 48.8 Å². The summed E-state index contributed by atoms with van der Waals surface area (Å²) in [4.78, 5) is 24.1. The molecule has 0 saturated heterocycles. The minimum Gasteiger partial charge on any atom is -0.374 e. The molecule has 0 bridgehead atoms. The summed E-state index contributed by atoms with van der Waals surface area (Å²) in [7, 11) is 0. The van der Waals surface area contributed by atoms with E-state index in [-0.39, 0.29) is 17.0 Å². The van der Waals surface area contributed by atoms with Gasteiger partial charge in [-0.3, -0.25) is 14.9 Å². The van der Waals surface area contributed by atoms with Crippen molar-refractivity contribution >= 4 is 28.7 Å². The number of nitrogens with zero attached hydrogens (tertiary/aromatic N) is 2. The molecule has 1 N–H and O–H groups in total. The number of thiocarbonyl (C=S) groups is 1. The zero-order valence-corrected chi connectivity index (χ0v) is 17.2. The Balaban J connectivity index is 2.42. The lowest BCUT2D eigenvalue weighted by atomic mass is 9.95.